The van der Waals surface area contributed by atoms with Gasteiger partial charge in [-0.15, -0.1) is 0 Å². The molecule has 0 atom stereocenters. The van der Waals surface area contributed by atoms with Crippen molar-refractivity contribution >= 4 is 22.9 Å². The molecule has 1 aliphatic rings. The molecule has 3 nitrogen and oxygen atoms in total. The summed E-state index contributed by atoms with van der Waals surface area (Å²) in [6.07, 6.45) is 1.41. The van der Waals surface area contributed by atoms with Gasteiger partial charge < -0.3 is 5.11 Å². The van der Waals surface area contributed by atoms with E-state index in [0.29, 0.717) is 21.7 Å². The van der Waals surface area contributed by atoms with Crippen LogP contribution in [0.5, 0.6) is 0 Å². The molecule has 16 heavy (non-hydrogen) atoms. The maximum Gasteiger partial charge on any atom is 0.137 e. The summed E-state index contributed by atoms with van der Waals surface area (Å²) in [7, 11) is 0. The molecule has 0 aromatic heterocycles. The first-order valence-corrected chi connectivity index (χ1v) is 4.80. The molecular formula is C12H5ClN2O. The average Bonchev–Trinajstić information content (AvgIpc) is 2.58. The van der Waals surface area contributed by atoms with Crippen molar-refractivity contribution < 1.29 is 5.11 Å². The number of aliphatic hydroxyl groups excluding tert-OH is 1. The largest absolute Gasteiger partial charge is 0.507 e. The van der Waals surface area contributed by atoms with Crippen molar-refractivity contribution in [1.29, 1.82) is 10.5 Å². The Kier molecular flexibility index (Phi) is 2.40. The molecule has 76 valence electrons. The van der Waals surface area contributed by atoms with E-state index in [-0.39, 0.29) is 11.3 Å². The predicted molar refractivity (Wildman–Crippen MR) is 60.2 cm³/mol. The second-order valence-electron chi connectivity index (χ2n) is 3.23. The predicted octanol–water partition coefficient (Wildman–Crippen LogP) is 3.05. The highest BCUT2D eigenvalue weighted by molar-refractivity contribution is 6.31. The number of halogens is 1. The van der Waals surface area contributed by atoms with Gasteiger partial charge in [0.1, 0.15) is 23.5 Å². The van der Waals surface area contributed by atoms with Crippen LogP contribution in [-0.2, 0) is 0 Å². The van der Waals surface area contributed by atoms with E-state index in [4.69, 9.17) is 22.1 Å². The lowest BCUT2D eigenvalue weighted by atomic mass is 10.0. The normalized spacial score (nSPS) is 12.4. The number of benzene rings is 1. The maximum absolute atomic E-state index is 9.65. The van der Waals surface area contributed by atoms with Crippen molar-refractivity contribution in [3.63, 3.8) is 0 Å². The van der Waals surface area contributed by atoms with E-state index in [9.17, 15) is 5.11 Å². The van der Waals surface area contributed by atoms with Gasteiger partial charge in [-0.25, -0.2) is 0 Å². The Bertz CT molecular complexity index is 599. The second-order valence-corrected chi connectivity index (χ2v) is 3.67. The summed E-state index contributed by atoms with van der Waals surface area (Å²) >= 11 is 5.83. The van der Waals surface area contributed by atoms with Crippen molar-refractivity contribution in [2.45, 2.75) is 0 Å². The van der Waals surface area contributed by atoms with Crippen LogP contribution < -0.4 is 0 Å². The van der Waals surface area contributed by atoms with E-state index in [2.05, 4.69) is 0 Å². The first-order chi connectivity index (χ1) is 7.67. The fraction of sp³-hybridized carbons (Fsp3) is 0. The SMILES string of the molecule is N#CC(C#N)=C1C=C(O)c2ccc(Cl)cc21. The molecule has 0 fully saturated rings. The summed E-state index contributed by atoms with van der Waals surface area (Å²) in [6.45, 7) is 0. The van der Waals surface area contributed by atoms with Gasteiger partial charge in [0.2, 0.25) is 0 Å². The molecule has 0 aliphatic heterocycles. The zero-order valence-corrected chi connectivity index (χ0v) is 8.78. The number of allylic oxidation sites excluding steroid dienone is 3. The lowest BCUT2D eigenvalue weighted by molar-refractivity contribution is 0.513. The maximum atomic E-state index is 9.65. The lowest BCUT2D eigenvalue weighted by Crippen LogP contribution is -1.86. The summed E-state index contributed by atoms with van der Waals surface area (Å²) in [5, 5.41) is 27.7. The topological polar surface area (TPSA) is 67.8 Å². The molecule has 0 spiro atoms. The third-order valence-electron chi connectivity index (χ3n) is 2.32. The zero-order chi connectivity index (χ0) is 11.7. The third kappa shape index (κ3) is 1.44. The quantitative estimate of drug-likeness (QED) is 0.694. The highest BCUT2D eigenvalue weighted by Gasteiger charge is 2.21. The molecule has 0 saturated carbocycles. The van der Waals surface area contributed by atoms with E-state index in [1.807, 2.05) is 0 Å². The minimum absolute atomic E-state index is 0.0347. The first kappa shape index (κ1) is 10.3. The van der Waals surface area contributed by atoms with E-state index in [1.165, 1.54) is 6.08 Å². The molecule has 0 bridgehead atoms. The minimum Gasteiger partial charge on any atom is -0.507 e. The van der Waals surface area contributed by atoms with Gasteiger partial charge in [-0.05, 0) is 29.8 Å². The summed E-state index contributed by atoms with van der Waals surface area (Å²) in [5.74, 6) is 0.0460. The van der Waals surface area contributed by atoms with Gasteiger partial charge in [-0.2, -0.15) is 10.5 Å². The van der Waals surface area contributed by atoms with Crippen LogP contribution in [0.3, 0.4) is 0 Å². The number of rotatable bonds is 0. The van der Waals surface area contributed by atoms with Crippen LogP contribution in [0.2, 0.25) is 5.02 Å². The van der Waals surface area contributed by atoms with Gasteiger partial charge in [-0.1, -0.05) is 11.6 Å². The Morgan fingerprint density at radius 2 is 1.88 bits per heavy atom. The van der Waals surface area contributed by atoms with E-state index in [0.717, 1.165) is 0 Å². The molecule has 0 unspecified atom stereocenters. The molecule has 1 N–H and O–H groups in total. The Morgan fingerprint density at radius 3 is 2.50 bits per heavy atom. The fourth-order valence-electron chi connectivity index (χ4n) is 1.61. The molecule has 0 radical (unpaired) electrons. The van der Waals surface area contributed by atoms with E-state index >= 15 is 0 Å². The molecule has 1 aliphatic carbocycles. The van der Waals surface area contributed by atoms with Crippen LogP contribution in [-0.4, -0.2) is 5.11 Å². The number of nitrogens with zero attached hydrogens (tertiary/aromatic N) is 2. The molecule has 1 aromatic carbocycles. The highest BCUT2D eigenvalue weighted by Crippen LogP contribution is 2.36. The van der Waals surface area contributed by atoms with Gasteiger partial charge in [0.05, 0.1) is 0 Å². The van der Waals surface area contributed by atoms with Gasteiger partial charge in [0.15, 0.2) is 0 Å². The van der Waals surface area contributed by atoms with Crippen molar-refractivity contribution in [2.75, 3.05) is 0 Å². The number of fused-ring (bicyclic) bond motifs is 1. The fourth-order valence-corrected chi connectivity index (χ4v) is 1.78. The molecular weight excluding hydrogens is 224 g/mol. The molecule has 2 rings (SSSR count). The first-order valence-electron chi connectivity index (χ1n) is 4.43. The number of aliphatic hydroxyl groups is 1. The summed E-state index contributed by atoms with van der Waals surface area (Å²) < 4.78 is 0. The molecule has 4 heteroatoms. The van der Waals surface area contributed by atoms with Crippen molar-refractivity contribution in [3.05, 3.63) is 46.0 Å². The van der Waals surface area contributed by atoms with Crippen molar-refractivity contribution in [1.82, 2.24) is 0 Å². The number of hydrogen-bond donors (Lipinski definition) is 1. The smallest absolute Gasteiger partial charge is 0.137 e. The standard InChI is InChI=1S/C12H5ClN2O/c13-8-1-2-9-11(3-8)10(4-12(9)16)7(5-14)6-15/h1-4,16H. The van der Waals surface area contributed by atoms with Crippen LogP contribution >= 0.6 is 11.6 Å². The van der Waals surface area contributed by atoms with Crippen LogP contribution in [0.15, 0.2) is 29.8 Å². The van der Waals surface area contributed by atoms with Gasteiger partial charge in [0.25, 0.3) is 0 Å². The Morgan fingerprint density at radius 1 is 1.19 bits per heavy atom. The number of hydrogen-bond acceptors (Lipinski definition) is 3. The zero-order valence-electron chi connectivity index (χ0n) is 8.03. The monoisotopic (exact) mass is 228 g/mol. The molecule has 0 amide bonds. The van der Waals surface area contributed by atoms with E-state index < -0.39 is 0 Å². The van der Waals surface area contributed by atoms with Crippen molar-refractivity contribution in [2.24, 2.45) is 0 Å². The Labute approximate surface area is 97.1 Å². The molecule has 0 heterocycles. The third-order valence-corrected chi connectivity index (χ3v) is 2.56. The summed E-state index contributed by atoms with van der Waals surface area (Å²) in [6, 6.07) is 8.51. The van der Waals surface area contributed by atoms with Gasteiger partial charge in [0, 0.05) is 16.2 Å². The highest BCUT2D eigenvalue weighted by atomic mass is 35.5. The molecule has 1 aromatic rings. The Hall–Kier alpha value is -2.23. The van der Waals surface area contributed by atoms with Crippen molar-refractivity contribution in [3.8, 4) is 12.1 Å². The minimum atomic E-state index is -0.0347. The second kappa shape index (κ2) is 3.73. The number of nitriles is 2. The summed E-state index contributed by atoms with van der Waals surface area (Å²) in [5.41, 5.74) is 1.58. The van der Waals surface area contributed by atoms with Crippen LogP contribution in [0.4, 0.5) is 0 Å². The molecule has 0 saturated heterocycles. The van der Waals surface area contributed by atoms with Crippen LogP contribution in [0, 0.1) is 22.7 Å². The average molecular weight is 229 g/mol. The Balaban J connectivity index is 2.76. The summed E-state index contributed by atoms with van der Waals surface area (Å²) in [4.78, 5) is 0. The lowest BCUT2D eigenvalue weighted by Gasteiger charge is -2.01. The van der Waals surface area contributed by atoms with Crippen LogP contribution in [0.1, 0.15) is 11.1 Å². The van der Waals surface area contributed by atoms with Crippen LogP contribution in [0.25, 0.3) is 11.3 Å². The van der Waals surface area contributed by atoms with E-state index in [1.54, 1.807) is 30.3 Å². The van der Waals surface area contributed by atoms with Gasteiger partial charge in [-0.3, -0.25) is 0 Å². The van der Waals surface area contributed by atoms with Gasteiger partial charge >= 0.3 is 0 Å².